The molecule has 3 aromatic rings. The second kappa shape index (κ2) is 10.0. The number of rotatable bonds is 6. The molecular formula is C24H22ClF6N3O2. The van der Waals surface area contributed by atoms with Crippen molar-refractivity contribution in [2.75, 3.05) is 0 Å². The Morgan fingerprint density at radius 1 is 0.972 bits per heavy atom. The van der Waals surface area contributed by atoms with Gasteiger partial charge in [0.1, 0.15) is 5.69 Å². The van der Waals surface area contributed by atoms with Gasteiger partial charge in [0, 0.05) is 18.0 Å². The van der Waals surface area contributed by atoms with Gasteiger partial charge in [0.15, 0.2) is 6.04 Å². The standard InChI is InChI=1S/C24H22ClF6N3O2/c1-4-34-18-11-17(25)16(21(35)32-12(2)3)9-14(18)10-19(34)22(36)33-20(24(29,30)31)13-6-5-7-15(8-13)23(26,27)28/h5-12,20H,4H2,1-3H3,(H,32,35)(H,33,36). The van der Waals surface area contributed by atoms with Gasteiger partial charge in [-0.1, -0.05) is 23.7 Å². The zero-order chi connectivity index (χ0) is 27.0. The van der Waals surface area contributed by atoms with Crippen LogP contribution in [0.15, 0.2) is 42.5 Å². The number of carbonyl (C=O) groups is 2. The lowest BCUT2D eigenvalue weighted by Crippen LogP contribution is -2.39. The molecule has 2 amide bonds. The zero-order valence-electron chi connectivity index (χ0n) is 19.3. The van der Waals surface area contributed by atoms with Crippen LogP contribution in [-0.2, 0) is 12.7 Å². The van der Waals surface area contributed by atoms with E-state index in [0.717, 1.165) is 12.1 Å². The molecule has 0 saturated heterocycles. The van der Waals surface area contributed by atoms with Crippen LogP contribution in [0.2, 0.25) is 5.02 Å². The highest BCUT2D eigenvalue weighted by molar-refractivity contribution is 6.34. The van der Waals surface area contributed by atoms with Crippen LogP contribution in [0.3, 0.4) is 0 Å². The normalized spacial score (nSPS) is 13.2. The lowest BCUT2D eigenvalue weighted by atomic mass is 10.0. The van der Waals surface area contributed by atoms with Gasteiger partial charge in [0.25, 0.3) is 11.8 Å². The van der Waals surface area contributed by atoms with Crippen molar-refractivity contribution in [3.8, 4) is 0 Å². The largest absolute Gasteiger partial charge is 0.416 e. The Bertz CT molecular complexity index is 1300. The number of fused-ring (bicyclic) bond motifs is 1. The summed E-state index contributed by atoms with van der Waals surface area (Å²) >= 11 is 6.26. The van der Waals surface area contributed by atoms with Gasteiger partial charge in [-0.15, -0.1) is 0 Å². The molecule has 0 fully saturated rings. The van der Waals surface area contributed by atoms with E-state index in [4.69, 9.17) is 11.6 Å². The van der Waals surface area contributed by atoms with E-state index in [1.165, 1.54) is 22.8 Å². The number of benzene rings is 2. The fourth-order valence-corrected chi connectivity index (χ4v) is 4.02. The number of aryl methyl sites for hydroxylation is 1. The fraction of sp³-hybridized carbons (Fsp3) is 0.333. The van der Waals surface area contributed by atoms with E-state index in [9.17, 15) is 35.9 Å². The van der Waals surface area contributed by atoms with Crippen molar-refractivity contribution in [3.63, 3.8) is 0 Å². The lowest BCUT2D eigenvalue weighted by Gasteiger charge is -2.23. The molecule has 1 unspecified atom stereocenters. The molecular weight excluding hydrogens is 512 g/mol. The van der Waals surface area contributed by atoms with Crippen molar-refractivity contribution in [1.29, 1.82) is 0 Å². The second-order valence-electron chi connectivity index (χ2n) is 8.36. The molecule has 0 spiro atoms. The first-order valence-corrected chi connectivity index (χ1v) is 11.2. The van der Waals surface area contributed by atoms with Crippen LogP contribution in [0, 0.1) is 0 Å². The minimum Gasteiger partial charge on any atom is -0.350 e. The quantitative estimate of drug-likeness (QED) is 0.355. The van der Waals surface area contributed by atoms with Crippen LogP contribution in [0.1, 0.15) is 58.8 Å². The molecule has 0 aliphatic rings. The highest BCUT2D eigenvalue weighted by Gasteiger charge is 2.43. The maximum absolute atomic E-state index is 13.8. The van der Waals surface area contributed by atoms with Crippen LogP contribution < -0.4 is 10.6 Å². The van der Waals surface area contributed by atoms with E-state index in [0.29, 0.717) is 23.0 Å². The summed E-state index contributed by atoms with van der Waals surface area (Å²) in [6, 6.07) is 3.99. The maximum Gasteiger partial charge on any atom is 0.416 e. The van der Waals surface area contributed by atoms with E-state index in [2.05, 4.69) is 5.32 Å². The third kappa shape index (κ3) is 5.77. The molecule has 0 radical (unpaired) electrons. The molecule has 1 atom stereocenters. The molecule has 3 rings (SSSR count). The predicted octanol–water partition coefficient (Wildman–Crippen LogP) is 6.51. The van der Waals surface area contributed by atoms with Gasteiger partial charge in [0.2, 0.25) is 0 Å². The summed E-state index contributed by atoms with van der Waals surface area (Å²) in [5.74, 6) is -1.62. The fourth-order valence-electron chi connectivity index (χ4n) is 3.78. The Balaban J connectivity index is 2.03. The van der Waals surface area contributed by atoms with Gasteiger partial charge >= 0.3 is 12.4 Å². The molecule has 36 heavy (non-hydrogen) atoms. The Kier molecular flexibility index (Phi) is 7.64. The molecule has 0 aliphatic heterocycles. The monoisotopic (exact) mass is 533 g/mol. The van der Waals surface area contributed by atoms with Crippen LogP contribution in [0.5, 0.6) is 0 Å². The number of nitrogens with one attached hydrogen (secondary N) is 2. The van der Waals surface area contributed by atoms with Crippen molar-refractivity contribution in [2.24, 2.45) is 0 Å². The summed E-state index contributed by atoms with van der Waals surface area (Å²) in [7, 11) is 0. The van der Waals surface area contributed by atoms with Crippen molar-refractivity contribution >= 4 is 34.3 Å². The van der Waals surface area contributed by atoms with Gasteiger partial charge in [-0.05, 0) is 56.7 Å². The zero-order valence-corrected chi connectivity index (χ0v) is 20.1. The highest BCUT2D eigenvalue weighted by Crippen LogP contribution is 2.37. The number of amides is 2. The SMILES string of the molecule is CCn1c(C(=O)NC(c2cccc(C(F)(F)F)c2)C(F)(F)F)cc2cc(C(=O)NC(C)C)c(Cl)cc21. The van der Waals surface area contributed by atoms with Crippen molar-refractivity contribution in [3.05, 3.63) is 69.9 Å². The summed E-state index contributed by atoms with van der Waals surface area (Å²) in [6.45, 7) is 5.32. The lowest BCUT2D eigenvalue weighted by molar-refractivity contribution is -0.156. The van der Waals surface area contributed by atoms with E-state index in [1.54, 1.807) is 20.8 Å². The van der Waals surface area contributed by atoms with Gasteiger partial charge in [-0.2, -0.15) is 26.3 Å². The van der Waals surface area contributed by atoms with Gasteiger partial charge in [-0.3, -0.25) is 9.59 Å². The van der Waals surface area contributed by atoms with E-state index >= 15 is 0 Å². The Morgan fingerprint density at radius 2 is 1.64 bits per heavy atom. The molecule has 2 aromatic carbocycles. The summed E-state index contributed by atoms with van der Waals surface area (Å²) in [4.78, 5) is 25.4. The number of hydrogen-bond acceptors (Lipinski definition) is 2. The molecule has 194 valence electrons. The number of alkyl halides is 6. The highest BCUT2D eigenvalue weighted by atomic mass is 35.5. The summed E-state index contributed by atoms with van der Waals surface area (Å²) in [5, 5.41) is 4.96. The van der Waals surface area contributed by atoms with Crippen molar-refractivity contribution in [2.45, 2.75) is 51.8 Å². The summed E-state index contributed by atoms with van der Waals surface area (Å²) in [6.07, 6.45) is -9.93. The maximum atomic E-state index is 13.8. The van der Waals surface area contributed by atoms with Crippen LogP contribution in [-0.4, -0.2) is 28.6 Å². The average Bonchev–Trinajstić information content (AvgIpc) is 3.12. The smallest absolute Gasteiger partial charge is 0.350 e. The van der Waals surface area contributed by atoms with E-state index in [1.807, 2.05) is 5.32 Å². The van der Waals surface area contributed by atoms with E-state index < -0.39 is 41.3 Å². The minimum absolute atomic E-state index is 0.0811. The third-order valence-corrected chi connectivity index (χ3v) is 5.67. The first-order chi connectivity index (χ1) is 16.6. The average molecular weight is 534 g/mol. The number of hydrogen-bond donors (Lipinski definition) is 2. The molecule has 2 N–H and O–H groups in total. The molecule has 0 saturated carbocycles. The van der Waals surface area contributed by atoms with Crippen molar-refractivity contribution in [1.82, 2.24) is 15.2 Å². The molecule has 1 heterocycles. The van der Waals surface area contributed by atoms with Crippen LogP contribution in [0.25, 0.3) is 10.9 Å². The second-order valence-corrected chi connectivity index (χ2v) is 8.77. The van der Waals surface area contributed by atoms with Crippen molar-refractivity contribution < 1.29 is 35.9 Å². The number of halogens is 7. The summed E-state index contributed by atoms with van der Waals surface area (Å²) in [5.41, 5.74) is -1.69. The van der Waals surface area contributed by atoms with Crippen LogP contribution >= 0.6 is 11.6 Å². The Labute approximate surface area is 207 Å². The van der Waals surface area contributed by atoms with Gasteiger partial charge in [0.05, 0.1) is 21.7 Å². The Morgan fingerprint density at radius 3 is 2.19 bits per heavy atom. The van der Waals surface area contributed by atoms with Gasteiger partial charge < -0.3 is 15.2 Å². The number of aromatic nitrogens is 1. The predicted molar refractivity (Wildman–Crippen MR) is 123 cm³/mol. The minimum atomic E-state index is -5.08. The van der Waals surface area contributed by atoms with Gasteiger partial charge in [-0.25, -0.2) is 0 Å². The van der Waals surface area contributed by atoms with E-state index in [-0.39, 0.29) is 28.9 Å². The first-order valence-electron chi connectivity index (χ1n) is 10.8. The third-order valence-electron chi connectivity index (χ3n) is 5.35. The molecule has 1 aromatic heterocycles. The molecule has 5 nitrogen and oxygen atoms in total. The number of nitrogens with zero attached hydrogens (tertiary/aromatic N) is 1. The Hall–Kier alpha value is -3.21. The number of carbonyl (C=O) groups excluding carboxylic acids is 2. The first kappa shape index (κ1) is 27.4. The topological polar surface area (TPSA) is 63.1 Å². The summed E-state index contributed by atoms with van der Waals surface area (Å²) < 4.78 is 82.1. The molecule has 0 aliphatic carbocycles. The molecule has 0 bridgehead atoms. The van der Waals surface area contributed by atoms with Crippen LogP contribution in [0.4, 0.5) is 26.3 Å². The molecule has 12 heteroatoms.